The molecule has 1 atom stereocenters. The Labute approximate surface area is 139 Å². The predicted octanol–water partition coefficient (Wildman–Crippen LogP) is 0.934. The lowest BCUT2D eigenvalue weighted by Gasteiger charge is -2.43. The lowest BCUT2D eigenvalue weighted by molar-refractivity contribution is -0.148. The Morgan fingerprint density at radius 2 is 2.04 bits per heavy atom. The molecule has 3 heterocycles. The van der Waals surface area contributed by atoms with Crippen LogP contribution in [0.2, 0.25) is 0 Å². The number of carboxylic acids is 1. The Hall–Kier alpha value is -2.35. The van der Waals surface area contributed by atoms with Gasteiger partial charge < -0.3 is 19.2 Å². The number of aliphatic carboxylic acids is 1. The maximum atomic E-state index is 12.8. The van der Waals surface area contributed by atoms with Crippen molar-refractivity contribution < 1.29 is 28.6 Å². The second-order valence-electron chi connectivity index (χ2n) is 6.00. The van der Waals surface area contributed by atoms with Gasteiger partial charge in [0.05, 0.1) is 12.9 Å². The minimum Gasteiger partial charge on any atom is -0.480 e. The lowest BCUT2D eigenvalue weighted by atomic mass is 9.97. The van der Waals surface area contributed by atoms with Crippen LogP contribution >= 0.6 is 0 Å². The van der Waals surface area contributed by atoms with E-state index < -0.39 is 23.6 Å². The van der Waals surface area contributed by atoms with Gasteiger partial charge >= 0.3 is 5.97 Å². The van der Waals surface area contributed by atoms with Crippen LogP contribution in [-0.4, -0.2) is 64.2 Å². The molecule has 2 aliphatic heterocycles. The van der Waals surface area contributed by atoms with Gasteiger partial charge in [-0.2, -0.15) is 0 Å². The Kier molecular flexibility index (Phi) is 4.31. The van der Waals surface area contributed by atoms with E-state index in [0.29, 0.717) is 32.4 Å². The highest BCUT2D eigenvalue weighted by atomic mass is 16.5. The fourth-order valence-corrected chi connectivity index (χ4v) is 3.40. The molecule has 0 aliphatic carbocycles. The SMILES string of the molecule is CCC(=O)N1CCC2(CC1)OC[C@@H](C(=O)O)N2C(=O)c1ccco1. The zero-order chi connectivity index (χ0) is 17.3. The third-order valence-electron chi connectivity index (χ3n) is 4.70. The number of ether oxygens (including phenoxy) is 1. The number of piperidine rings is 1. The number of hydrogen-bond donors (Lipinski definition) is 1. The van der Waals surface area contributed by atoms with Crippen LogP contribution in [0, 0.1) is 0 Å². The summed E-state index contributed by atoms with van der Waals surface area (Å²) in [4.78, 5) is 39.2. The molecule has 1 aromatic rings. The number of carboxylic acid groups (broad SMARTS) is 1. The molecular weight excluding hydrogens is 316 g/mol. The second-order valence-corrected chi connectivity index (χ2v) is 6.00. The van der Waals surface area contributed by atoms with Gasteiger partial charge in [-0.05, 0) is 12.1 Å². The van der Waals surface area contributed by atoms with Crippen LogP contribution in [-0.2, 0) is 14.3 Å². The number of hydrogen-bond acceptors (Lipinski definition) is 5. The van der Waals surface area contributed by atoms with Crippen molar-refractivity contribution in [3.8, 4) is 0 Å². The molecule has 1 aromatic heterocycles. The van der Waals surface area contributed by atoms with E-state index in [9.17, 15) is 19.5 Å². The average molecular weight is 336 g/mol. The molecule has 2 fully saturated rings. The summed E-state index contributed by atoms with van der Waals surface area (Å²) >= 11 is 0. The van der Waals surface area contributed by atoms with Crippen LogP contribution in [0.25, 0.3) is 0 Å². The first kappa shape index (κ1) is 16.5. The monoisotopic (exact) mass is 336 g/mol. The standard InChI is InChI=1S/C16H20N2O6/c1-2-13(19)17-7-5-16(6-8-17)18(11(10-24-16)15(21)22)14(20)12-4-3-9-23-12/h3-4,9,11H,2,5-8,10H2,1H3,(H,21,22)/t11-/m0/s1. The zero-order valence-electron chi connectivity index (χ0n) is 13.4. The quantitative estimate of drug-likeness (QED) is 0.881. The van der Waals surface area contributed by atoms with Crippen molar-refractivity contribution in [1.82, 2.24) is 9.80 Å². The molecule has 0 saturated carbocycles. The first-order valence-corrected chi connectivity index (χ1v) is 8.00. The van der Waals surface area contributed by atoms with Gasteiger partial charge in [0.2, 0.25) is 5.91 Å². The molecule has 1 N–H and O–H groups in total. The fraction of sp³-hybridized carbons (Fsp3) is 0.562. The van der Waals surface area contributed by atoms with Crippen molar-refractivity contribution in [2.45, 2.75) is 38.0 Å². The molecule has 0 radical (unpaired) electrons. The third-order valence-corrected chi connectivity index (χ3v) is 4.70. The number of furan rings is 1. The van der Waals surface area contributed by atoms with E-state index in [2.05, 4.69) is 0 Å². The Morgan fingerprint density at radius 1 is 1.33 bits per heavy atom. The van der Waals surface area contributed by atoms with Crippen LogP contribution in [0.5, 0.6) is 0 Å². The molecule has 1 spiro atoms. The molecule has 0 bridgehead atoms. The van der Waals surface area contributed by atoms with E-state index >= 15 is 0 Å². The molecule has 0 aromatic carbocycles. The average Bonchev–Trinajstić information content (AvgIpc) is 3.23. The summed E-state index contributed by atoms with van der Waals surface area (Å²) in [6.07, 6.45) is 2.56. The second kappa shape index (κ2) is 6.27. The summed E-state index contributed by atoms with van der Waals surface area (Å²) in [5.74, 6) is -1.49. The number of amides is 2. The van der Waals surface area contributed by atoms with Crippen LogP contribution < -0.4 is 0 Å². The maximum absolute atomic E-state index is 12.8. The van der Waals surface area contributed by atoms with E-state index in [1.807, 2.05) is 0 Å². The van der Waals surface area contributed by atoms with Gasteiger partial charge in [0.1, 0.15) is 5.72 Å². The van der Waals surface area contributed by atoms with Gasteiger partial charge in [-0.1, -0.05) is 6.92 Å². The predicted molar refractivity (Wildman–Crippen MR) is 81.1 cm³/mol. The van der Waals surface area contributed by atoms with E-state index in [1.54, 1.807) is 17.9 Å². The highest BCUT2D eigenvalue weighted by molar-refractivity contribution is 5.95. The summed E-state index contributed by atoms with van der Waals surface area (Å²) in [5, 5.41) is 9.45. The first-order chi connectivity index (χ1) is 11.5. The zero-order valence-corrected chi connectivity index (χ0v) is 13.4. The van der Waals surface area contributed by atoms with E-state index in [-0.39, 0.29) is 18.3 Å². The Morgan fingerprint density at radius 3 is 2.58 bits per heavy atom. The summed E-state index contributed by atoms with van der Waals surface area (Å²) in [7, 11) is 0. The van der Waals surface area contributed by atoms with Crippen LogP contribution in [0.4, 0.5) is 0 Å². The molecule has 2 aliphatic rings. The minimum absolute atomic E-state index is 0.0431. The normalized spacial score (nSPS) is 22.8. The molecule has 2 saturated heterocycles. The number of carbonyl (C=O) groups is 3. The van der Waals surface area contributed by atoms with Crippen LogP contribution in [0.3, 0.4) is 0 Å². The molecule has 2 amide bonds. The largest absolute Gasteiger partial charge is 0.480 e. The van der Waals surface area contributed by atoms with Gasteiger partial charge in [0.15, 0.2) is 11.8 Å². The van der Waals surface area contributed by atoms with E-state index in [4.69, 9.17) is 9.15 Å². The van der Waals surface area contributed by atoms with Crippen molar-refractivity contribution in [2.75, 3.05) is 19.7 Å². The molecule has 8 nitrogen and oxygen atoms in total. The summed E-state index contributed by atoms with van der Waals surface area (Å²) in [5.41, 5.74) is -1.00. The number of likely N-dealkylation sites (tertiary alicyclic amines) is 1. The summed E-state index contributed by atoms with van der Waals surface area (Å²) in [6.45, 7) is 2.59. The molecular formula is C16H20N2O6. The van der Waals surface area contributed by atoms with E-state index in [1.165, 1.54) is 17.2 Å². The Bertz CT molecular complexity index is 633. The summed E-state index contributed by atoms with van der Waals surface area (Å²) < 4.78 is 10.9. The lowest BCUT2D eigenvalue weighted by Crippen LogP contribution is -2.58. The van der Waals surface area contributed by atoms with Crippen LogP contribution in [0.1, 0.15) is 36.7 Å². The molecule has 3 rings (SSSR count). The number of rotatable bonds is 3. The number of carbonyl (C=O) groups excluding carboxylic acids is 2. The number of nitrogens with zero attached hydrogens (tertiary/aromatic N) is 2. The Balaban J connectivity index is 1.85. The van der Waals surface area contributed by atoms with Crippen molar-refractivity contribution in [2.24, 2.45) is 0 Å². The molecule has 0 unspecified atom stereocenters. The van der Waals surface area contributed by atoms with Gasteiger partial charge in [0.25, 0.3) is 5.91 Å². The van der Waals surface area contributed by atoms with Crippen molar-refractivity contribution in [1.29, 1.82) is 0 Å². The van der Waals surface area contributed by atoms with Gasteiger partial charge in [-0.25, -0.2) is 4.79 Å². The van der Waals surface area contributed by atoms with Crippen molar-refractivity contribution in [3.63, 3.8) is 0 Å². The molecule has 130 valence electrons. The van der Waals surface area contributed by atoms with Crippen molar-refractivity contribution in [3.05, 3.63) is 24.2 Å². The van der Waals surface area contributed by atoms with Gasteiger partial charge in [0, 0.05) is 32.4 Å². The van der Waals surface area contributed by atoms with E-state index in [0.717, 1.165) is 0 Å². The fourth-order valence-electron chi connectivity index (χ4n) is 3.40. The highest BCUT2D eigenvalue weighted by Gasteiger charge is 2.54. The van der Waals surface area contributed by atoms with Gasteiger partial charge in [-0.3, -0.25) is 14.5 Å². The molecule has 8 heteroatoms. The minimum atomic E-state index is -1.11. The topological polar surface area (TPSA) is 100 Å². The van der Waals surface area contributed by atoms with Crippen LogP contribution in [0.15, 0.2) is 22.8 Å². The molecule has 24 heavy (non-hydrogen) atoms. The van der Waals surface area contributed by atoms with Crippen molar-refractivity contribution >= 4 is 17.8 Å². The first-order valence-electron chi connectivity index (χ1n) is 8.00. The summed E-state index contributed by atoms with van der Waals surface area (Å²) in [6, 6.07) is 2.02. The highest BCUT2D eigenvalue weighted by Crippen LogP contribution is 2.38. The van der Waals surface area contributed by atoms with Gasteiger partial charge in [-0.15, -0.1) is 0 Å². The maximum Gasteiger partial charge on any atom is 0.328 e. The third kappa shape index (κ3) is 2.66. The smallest absolute Gasteiger partial charge is 0.328 e.